The first-order valence-corrected chi connectivity index (χ1v) is 8.14. The second kappa shape index (κ2) is 6.97. The number of halogens is 1. The van der Waals surface area contributed by atoms with Crippen LogP contribution in [-0.2, 0) is 0 Å². The summed E-state index contributed by atoms with van der Waals surface area (Å²) in [4.78, 5) is 14.3. The fourth-order valence-corrected chi connectivity index (χ4v) is 3.28. The minimum absolute atomic E-state index is 0.142. The van der Waals surface area contributed by atoms with Crippen LogP contribution in [0.2, 0.25) is 0 Å². The Kier molecular flexibility index (Phi) is 4.76. The van der Waals surface area contributed by atoms with Crippen LogP contribution in [0.15, 0.2) is 48.5 Å². The Labute approximate surface area is 140 Å². The molecule has 126 valence electrons. The predicted molar refractivity (Wildman–Crippen MR) is 90.8 cm³/mol. The van der Waals surface area contributed by atoms with E-state index in [1.54, 1.807) is 12.1 Å². The molecule has 0 unspecified atom stereocenters. The van der Waals surface area contributed by atoms with E-state index in [1.165, 1.54) is 23.1 Å². The van der Waals surface area contributed by atoms with Gasteiger partial charge in [-0.05, 0) is 31.2 Å². The Balaban J connectivity index is 1.64. The summed E-state index contributed by atoms with van der Waals surface area (Å²) in [6.07, 6.45) is 0. The van der Waals surface area contributed by atoms with Crippen LogP contribution >= 0.6 is 0 Å². The van der Waals surface area contributed by atoms with Gasteiger partial charge in [-0.2, -0.15) is 0 Å². The van der Waals surface area contributed by atoms with Crippen LogP contribution in [0.25, 0.3) is 0 Å². The van der Waals surface area contributed by atoms with E-state index >= 15 is 0 Å². The largest absolute Gasteiger partial charge is 0.360 e. The molecule has 1 saturated heterocycles. The van der Waals surface area contributed by atoms with E-state index in [4.69, 9.17) is 0 Å². The number of rotatable bonds is 4. The van der Waals surface area contributed by atoms with Crippen molar-refractivity contribution in [2.75, 3.05) is 31.1 Å². The first kappa shape index (κ1) is 16.4. The van der Waals surface area contributed by atoms with Crippen molar-refractivity contribution in [3.63, 3.8) is 0 Å². The molecule has 0 aromatic heterocycles. The lowest BCUT2D eigenvalue weighted by molar-refractivity contribution is -0.930. The maximum Gasteiger partial charge on any atom is 0.269 e. The molecule has 3 rings (SSSR count). The van der Waals surface area contributed by atoms with Crippen molar-refractivity contribution in [2.24, 2.45) is 0 Å². The lowest BCUT2D eigenvalue weighted by Crippen LogP contribution is -3.14. The van der Waals surface area contributed by atoms with E-state index in [0.717, 1.165) is 37.4 Å². The van der Waals surface area contributed by atoms with Crippen molar-refractivity contribution in [1.82, 2.24) is 0 Å². The molecule has 24 heavy (non-hydrogen) atoms. The second-order valence-electron chi connectivity index (χ2n) is 6.20. The normalized spacial score (nSPS) is 16.8. The number of nitrogens with zero attached hydrogens (tertiary/aromatic N) is 2. The van der Waals surface area contributed by atoms with Crippen molar-refractivity contribution >= 4 is 11.4 Å². The van der Waals surface area contributed by atoms with Gasteiger partial charge in [-0.25, -0.2) is 4.39 Å². The summed E-state index contributed by atoms with van der Waals surface area (Å²) in [5.41, 5.74) is 2.18. The topological polar surface area (TPSA) is 50.8 Å². The van der Waals surface area contributed by atoms with Crippen molar-refractivity contribution in [1.29, 1.82) is 0 Å². The van der Waals surface area contributed by atoms with E-state index in [1.807, 2.05) is 18.2 Å². The summed E-state index contributed by atoms with van der Waals surface area (Å²) >= 11 is 0. The Morgan fingerprint density at radius 3 is 2.46 bits per heavy atom. The Bertz CT molecular complexity index is 712. The number of piperazine rings is 1. The zero-order valence-corrected chi connectivity index (χ0v) is 13.6. The van der Waals surface area contributed by atoms with Crippen LogP contribution in [0, 0.1) is 15.9 Å². The van der Waals surface area contributed by atoms with E-state index in [-0.39, 0.29) is 22.5 Å². The van der Waals surface area contributed by atoms with Crippen LogP contribution in [0.3, 0.4) is 0 Å². The molecule has 2 aromatic rings. The van der Waals surface area contributed by atoms with Crippen LogP contribution in [0.1, 0.15) is 18.5 Å². The van der Waals surface area contributed by atoms with E-state index < -0.39 is 0 Å². The fraction of sp³-hybridized carbons (Fsp3) is 0.333. The highest BCUT2D eigenvalue weighted by Gasteiger charge is 2.26. The summed E-state index contributed by atoms with van der Waals surface area (Å²) in [6.45, 7) is 5.78. The molecule has 0 bridgehead atoms. The summed E-state index contributed by atoms with van der Waals surface area (Å²) in [5, 5.41) is 10.9. The number of non-ortho nitro benzene ring substituents is 1. The number of nitro groups is 1. The summed E-state index contributed by atoms with van der Waals surface area (Å²) < 4.78 is 13.0. The number of hydrogen-bond donors (Lipinski definition) is 1. The number of nitrogens with one attached hydrogen (secondary N) is 1. The van der Waals surface area contributed by atoms with Gasteiger partial charge in [0.1, 0.15) is 11.9 Å². The second-order valence-corrected chi connectivity index (χ2v) is 6.20. The fourth-order valence-electron chi connectivity index (χ4n) is 3.28. The Morgan fingerprint density at radius 1 is 1.17 bits per heavy atom. The van der Waals surface area contributed by atoms with Gasteiger partial charge in [-0.3, -0.25) is 10.1 Å². The number of nitro benzene ring substituents is 1. The first-order chi connectivity index (χ1) is 11.5. The van der Waals surface area contributed by atoms with Crippen LogP contribution in [0.4, 0.5) is 15.8 Å². The molecule has 2 aromatic carbocycles. The highest BCUT2D eigenvalue weighted by atomic mass is 19.1. The van der Waals surface area contributed by atoms with E-state index in [2.05, 4.69) is 11.8 Å². The first-order valence-electron chi connectivity index (χ1n) is 8.14. The summed E-state index contributed by atoms with van der Waals surface area (Å²) in [7, 11) is 0. The van der Waals surface area contributed by atoms with Crippen molar-refractivity contribution in [3.8, 4) is 0 Å². The highest BCUT2D eigenvalue weighted by molar-refractivity contribution is 5.46. The molecule has 0 aliphatic carbocycles. The number of hydrogen-bond acceptors (Lipinski definition) is 3. The van der Waals surface area contributed by atoms with Crippen molar-refractivity contribution in [2.45, 2.75) is 13.0 Å². The number of quaternary nitrogens is 1. The van der Waals surface area contributed by atoms with E-state index in [0.29, 0.717) is 0 Å². The van der Waals surface area contributed by atoms with Crippen LogP contribution in [-0.4, -0.2) is 31.1 Å². The molecule has 1 fully saturated rings. The monoisotopic (exact) mass is 330 g/mol. The molecule has 0 spiro atoms. The van der Waals surface area contributed by atoms with Gasteiger partial charge in [-0.15, -0.1) is 0 Å². The molecule has 1 N–H and O–H groups in total. The molecule has 0 amide bonds. The van der Waals surface area contributed by atoms with Gasteiger partial charge in [0.15, 0.2) is 0 Å². The molecule has 0 radical (unpaired) electrons. The molecular formula is C18H21FN3O2+. The van der Waals surface area contributed by atoms with Crippen molar-refractivity contribution in [3.05, 3.63) is 70.0 Å². The summed E-state index contributed by atoms with van der Waals surface area (Å²) in [5.74, 6) is -0.220. The average Bonchev–Trinajstić information content (AvgIpc) is 2.62. The van der Waals surface area contributed by atoms with Crippen LogP contribution in [0.5, 0.6) is 0 Å². The average molecular weight is 330 g/mol. The molecular weight excluding hydrogens is 309 g/mol. The smallest absolute Gasteiger partial charge is 0.269 e. The molecule has 6 heteroatoms. The van der Waals surface area contributed by atoms with Gasteiger partial charge < -0.3 is 9.80 Å². The van der Waals surface area contributed by atoms with Gasteiger partial charge in [0.25, 0.3) is 5.69 Å². The molecule has 1 heterocycles. The van der Waals surface area contributed by atoms with Gasteiger partial charge in [0.2, 0.25) is 0 Å². The standard InChI is InChI=1S/C18H20FN3O2/c1-14(15-3-2-4-18(13-15)22(23)24)20-9-11-21(12-10-20)17-7-5-16(19)6-8-17/h2-8,13-14H,9-12H2,1H3/p+1/t14-/m1/s1. The highest BCUT2D eigenvalue weighted by Crippen LogP contribution is 2.18. The molecule has 1 aliphatic heterocycles. The Morgan fingerprint density at radius 2 is 1.83 bits per heavy atom. The quantitative estimate of drug-likeness (QED) is 0.691. The summed E-state index contributed by atoms with van der Waals surface area (Å²) in [6, 6.07) is 13.7. The molecule has 1 atom stereocenters. The van der Waals surface area contributed by atoms with Crippen molar-refractivity contribution < 1.29 is 14.2 Å². The lowest BCUT2D eigenvalue weighted by Gasteiger charge is -2.36. The minimum Gasteiger partial charge on any atom is -0.360 e. The van der Waals surface area contributed by atoms with Crippen LogP contribution < -0.4 is 9.80 Å². The van der Waals surface area contributed by atoms with Gasteiger partial charge in [-0.1, -0.05) is 12.1 Å². The third-order valence-corrected chi connectivity index (χ3v) is 4.79. The number of anilines is 1. The zero-order chi connectivity index (χ0) is 17.1. The maximum atomic E-state index is 13.0. The Hall–Kier alpha value is -2.47. The van der Waals surface area contributed by atoms with Gasteiger partial charge >= 0.3 is 0 Å². The molecule has 0 saturated carbocycles. The molecule has 1 aliphatic rings. The molecule has 5 nitrogen and oxygen atoms in total. The maximum absolute atomic E-state index is 13.0. The lowest BCUT2D eigenvalue weighted by atomic mass is 10.1. The third-order valence-electron chi connectivity index (χ3n) is 4.79. The minimum atomic E-state index is -0.349. The van der Waals surface area contributed by atoms with E-state index in [9.17, 15) is 14.5 Å². The number of benzene rings is 2. The van der Waals surface area contributed by atoms with Gasteiger partial charge in [0.05, 0.1) is 31.1 Å². The zero-order valence-electron chi connectivity index (χ0n) is 13.6. The van der Waals surface area contributed by atoms with Gasteiger partial charge in [0, 0.05) is 23.4 Å². The third kappa shape index (κ3) is 3.54. The predicted octanol–water partition coefficient (Wildman–Crippen LogP) is 2.20. The SMILES string of the molecule is C[C@H](c1cccc([N+](=O)[O-])c1)[NH+]1CCN(c2ccc(F)cc2)CC1.